The molecule has 4 rings (SSSR count). The van der Waals surface area contributed by atoms with E-state index >= 15 is 0 Å². The third-order valence-electron chi connectivity index (χ3n) is 4.73. The maximum Gasteiger partial charge on any atom is 0.167 e. The zero-order valence-corrected chi connectivity index (χ0v) is 14.7. The van der Waals surface area contributed by atoms with Gasteiger partial charge >= 0.3 is 0 Å². The molecule has 1 aromatic carbocycles. The summed E-state index contributed by atoms with van der Waals surface area (Å²) in [4.78, 5) is 12.8. The first-order chi connectivity index (χ1) is 13.1. The topological polar surface area (TPSA) is 126 Å². The van der Waals surface area contributed by atoms with Crippen LogP contribution in [0.15, 0.2) is 36.9 Å². The molecule has 4 N–H and O–H groups in total. The van der Waals surface area contributed by atoms with Crippen molar-refractivity contribution >= 4 is 17.0 Å². The Bertz CT molecular complexity index is 929. The van der Waals surface area contributed by atoms with E-state index in [9.17, 15) is 15.3 Å². The SMILES string of the molecule is Cc1ccc(CNc2ncnc3c2ncn3[C@@H]2O[C@H](CO)C(O)C2O)cc1. The van der Waals surface area contributed by atoms with E-state index in [1.54, 1.807) is 0 Å². The minimum atomic E-state index is -1.20. The van der Waals surface area contributed by atoms with Crippen LogP contribution in [0.25, 0.3) is 11.2 Å². The number of imidazole rings is 1. The van der Waals surface area contributed by atoms with E-state index in [1.807, 2.05) is 31.2 Å². The summed E-state index contributed by atoms with van der Waals surface area (Å²) in [6.07, 6.45) is -1.24. The van der Waals surface area contributed by atoms with Crippen molar-refractivity contribution in [3.05, 3.63) is 48.0 Å². The fraction of sp³-hybridized carbons (Fsp3) is 0.389. The minimum absolute atomic E-state index is 0.389. The molecule has 0 saturated carbocycles. The number of aliphatic hydroxyl groups is 3. The molecule has 2 aromatic heterocycles. The average Bonchev–Trinajstić information content (AvgIpc) is 3.23. The van der Waals surface area contributed by atoms with Crippen LogP contribution < -0.4 is 5.32 Å². The van der Waals surface area contributed by atoms with Gasteiger partial charge in [-0.2, -0.15) is 0 Å². The first-order valence-corrected chi connectivity index (χ1v) is 8.68. The number of anilines is 1. The summed E-state index contributed by atoms with van der Waals surface area (Å²) in [5, 5.41) is 32.7. The van der Waals surface area contributed by atoms with Crippen LogP contribution in [0.5, 0.6) is 0 Å². The number of aryl methyl sites for hydroxylation is 1. The Balaban J connectivity index is 1.59. The normalized spacial score (nSPS) is 25.2. The molecule has 1 aliphatic heterocycles. The number of aliphatic hydroxyl groups excluding tert-OH is 3. The van der Waals surface area contributed by atoms with Crippen LogP contribution in [0.1, 0.15) is 17.4 Å². The molecule has 2 unspecified atom stereocenters. The molecular formula is C18H21N5O4. The van der Waals surface area contributed by atoms with Crippen LogP contribution in [0.2, 0.25) is 0 Å². The predicted octanol–water partition coefficient (Wildman–Crippen LogP) is 0.358. The van der Waals surface area contributed by atoms with Gasteiger partial charge in [0.05, 0.1) is 12.9 Å². The van der Waals surface area contributed by atoms with Gasteiger partial charge in [0.1, 0.15) is 24.6 Å². The lowest BCUT2D eigenvalue weighted by atomic mass is 10.1. The van der Waals surface area contributed by atoms with E-state index in [2.05, 4.69) is 20.3 Å². The lowest BCUT2D eigenvalue weighted by molar-refractivity contribution is -0.0511. The number of rotatable bonds is 5. The summed E-state index contributed by atoms with van der Waals surface area (Å²) in [5.74, 6) is 0.561. The molecule has 0 amide bonds. The molecule has 3 aromatic rings. The zero-order valence-electron chi connectivity index (χ0n) is 14.7. The lowest BCUT2D eigenvalue weighted by Crippen LogP contribution is -2.33. The molecule has 0 radical (unpaired) electrons. The van der Waals surface area contributed by atoms with Crippen LogP contribution in [0.4, 0.5) is 5.82 Å². The number of hydrogen-bond acceptors (Lipinski definition) is 8. The average molecular weight is 371 g/mol. The summed E-state index contributed by atoms with van der Waals surface area (Å²) in [5.41, 5.74) is 3.30. The van der Waals surface area contributed by atoms with E-state index in [4.69, 9.17) is 4.74 Å². The summed E-state index contributed by atoms with van der Waals surface area (Å²) in [7, 11) is 0. The Morgan fingerprint density at radius 3 is 2.59 bits per heavy atom. The summed E-state index contributed by atoms with van der Waals surface area (Å²) in [6.45, 7) is 2.22. The second-order valence-corrected chi connectivity index (χ2v) is 6.61. The molecule has 9 nitrogen and oxygen atoms in total. The van der Waals surface area contributed by atoms with Crippen LogP contribution in [-0.4, -0.2) is 59.8 Å². The third kappa shape index (κ3) is 3.26. The maximum absolute atomic E-state index is 10.2. The molecule has 0 spiro atoms. The highest BCUT2D eigenvalue weighted by atomic mass is 16.6. The van der Waals surface area contributed by atoms with Gasteiger partial charge in [0.25, 0.3) is 0 Å². The molecule has 3 heterocycles. The molecule has 1 fully saturated rings. The Hall–Kier alpha value is -2.59. The van der Waals surface area contributed by atoms with Gasteiger partial charge in [0.15, 0.2) is 23.2 Å². The summed E-state index contributed by atoms with van der Waals surface area (Å²) in [6, 6.07) is 8.17. The monoisotopic (exact) mass is 371 g/mol. The Kier molecular flexibility index (Phi) is 4.75. The van der Waals surface area contributed by atoms with E-state index < -0.39 is 24.5 Å². The van der Waals surface area contributed by atoms with Crippen LogP contribution in [-0.2, 0) is 11.3 Å². The molecule has 0 bridgehead atoms. The van der Waals surface area contributed by atoms with E-state index in [1.165, 1.54) is 22.8 Å². The number of fused-ring (bicyclic) bond motifs is 1. The smallest absolute Gasteiger partial charge is 0.167 e. The van der Waals surface area contributed by atoms with Gasteiger partial charge in [0, 0.05) is 6.54 Å². The Labute approximate surface area is 155 Å². The molecule has 27 heavy (non-hydrogen) atoms. The molecule has 4 atom stereocenters. The van der Waals surface area contributed by atoms with Crippen molar-refractivity contribution in [2.75, 3.05) is 11.9 Å². The van der Waals surface area contributed by atoms with Crippen molar-refractivity contribution in [3.8, 4) is 0 Å². The van der Waals surface area contributed by atoms with Crippen molar-refractivity contribution in [2.45, 2.75) is 38.0 Å². The molecule has 142 valence electrons. The van der Waals surface area contributed by atoms with Crippen LogP contribution in [0.3, 0.4) is 0 Å². The molecule has 1 saturated heterocycles. The van der Waals surface area contributed by atoms with Crippen molar-refractivity contribution in [2.24, 2.45) is 0 Å². The number of nitrogens with zero attached hydrogens (tertiary/aromatic N) is 4. The fourth-order valence-electron chi connectivity index (χ4n) is 3.17. The van der Waals surface area contributed by atoms with Crippen molar-refractivity contribution in [1.29, 1.82) is 0 Å². The van der Waals surface area contributed by atoms with Gasteiger partial charge < -0.3 is 25.4 Å². The van der Waals surface area contributed by atoms with Gasteiger partial charge in [-0.1, -0.05) is 29.8 Å². The standard InChI is InChI=1S/C18H21N5O4/c1-10-2-4-11(5-3-10)6-19-16-13-17(21-8-20-16)23(9-22-13)18-15(26)14(25)12(7-24)27-18/h2-5,8-9,12,14-15,18,24-26H,6-7H2,1H3,(H,19,20,21)/t12-,14?,15?,18-/m1/s1. The van der Waals surface area contributed by atoms with Crippen LogP contribution in [0, 0.1) is 6.92 Å². The third-order valence-corrected chi connectivity index (χ3v) is 4.73. The van der Waals surface area contributed by atoms with Gasteiger partial charge in [-0.25, -0.2) is 15.0 Å². The molecule has 0 aliphatic carbocycles. The Morgan fingerprint density at radius 2 is 1.89 bits per heavy atom. The Morgan fingerprint density at radius 1 is 1.11 bits per heavy atom. The van der Waals surface area contributed by atoms with E-state index in [0.717, 1.165) is 5.56 Å². The highest BCUT2D eigenvalue weighted by molar-refractivity contribution is 5.82. The summed E-state index contributed by atoms with van der Waals surface area (Å²) >= 11 is 0. The summed E-state index contributed by atoms with van der Waals surface area (Å²) < 4.78 is 7.10. The fourth-order valence-corrected chi connectivity index (χ4v) is 3.17. The number of aromatic nitrogens is 4. The first kappa shape index (κ1) is 17.8. The second kappa shape index (κ2) is 7.20. The zero-order chi connectivity index (χ0) is 19.0. The second-order valence-electron chi connectivity index (χ2n) is 6.61. The number of hydrogen-bond donors (Lipinski definition) is 4. The van der Waals surface area contributed by atoms with Crippen molar-refractivity contribution in [3.63, 3.8) is 0 Å². The molecule has 1 aliphatic rings. The van der Waals surface area contributed by atoms with Crippen molar-refractivity contribution < 1.29 is 20.1 Å². The number of benzene rings is 1. The van der Waals surface area contributed by atoms with Gasteiger partial charge in [0.2, 0.25) is 0 Å². The maximum atomic E-state index is 10.2. The first-order valence-electron chi connectivity index (χ1n) is 8.68. The highest BCUT2D eigenvalue weighted by Crippen LogP contribution is 2.32. The van der Waals surface area contributed by atoms with Crippen molar-refractivity contribution in [1.82, 2.24) is 19.5 Å². The van der Waals surface area contributed by atoms with Gasteiger partial charge in [-0.3, -0.25) is 4.57 Å². The predicted molar refractivity (Wildman–Crippen MR) is 96.8 cm³/mol. The molecule has 9 heteroatoms. The van der Waals surface area contributed by atoms with E-state index in [-0.39, 0.29) is 6.61 Å². The highest BCUT2D eigenvalue weighted by Gasteiger charge is 2.44. The van der Waals surface area contributed by atoms with E-state index in [0.29, 0.717) is 23.5 Å². The molecular weight excluding hydrogens is 350 g/mol. The number of ether oxygens (including phenoxy) is 1. The van der Waals surface area contributed by atoms with Gasteiger partial charge in [-0.15, -0.1) is 0 Å². The largest absolute Gasteiger partial charge is 0.394 e. The van der Waals surface area contributed by atoms with Gasteiger partial charge in [-0.05, 0) is 12.5 Å². The minimum Gasteiger partial charge on any atom is -0.394 e. The number of nitrogens with one attached hydrogen (secondary N) is 1. The lowest BCUT2D eigenvalue weighted by Gasteiger charge is -2.16. The van der Waals surface area contributed by atoms with Crippen LogP contribution >= 0.6 is 0 Å². The quantitative estimate of drug-likeness (QED) is 0.507.